The minimum atomic E-state index is -3.55. The summed E-state index contributed by atoms with van der Waals surface area (Å²) >= 11 is 7.00. The van der Waals surface area contributed by atoms with Crippen LogP contribution in [0.1, 0.15) is 27.9 Å². The van der Waals surface area contributed by atoms with Crippen LogP contribution in [-0.2, 0) is 16.6 Å². The van der Waals surface area contributed by atoms with E-state index in [9.17, 15) is 13.2 Å². The van der Waals surface area contributed by atoms with E-state index in [0.29, 0.717) is 22.9 Å². The summed E-state index contributed by atoms with van der Waals surface area (Å²) in [7, 11) is -3.55. The van der Waals surface area contributed by atoms with Crippen LogP contribution in [-0.4, -0.2) is 29.9 Å². The first-order valence-electron chi connectivity index (χ1n) is 6.21. The number of carbonyl (C=O) groups excluding carboxylic acids is 1. The van der Waals surface area contributed by atoms with E-state index in [-0.39, 0.29) is 5.75 Å². The van der Waals surface area contributed by atoms with Gasteiger partial charge in [0, 0.05) is 11.1 Å². The van der Waals surface area contributed by atoms with Crippen molar-refractivity contribution in [2.45, 2.75) is 19.9 Å². The quantitative estimate of drug-likeness (QED) is 0.867. The van der Waals surface area contributed by atoms with E-state index < -0.39 is 15.9 Å². The lowest BCUT2D eigenvalue weighted by Crippen LogP contribution is -2.31. The summed E-state index contributed by atoms with van der Waals surface area (Å²) < 4.78 is 26.8. The van der Waals surface area contributed by atoms with E-state index in [2.05, 4.69) is 9.82 Å². The summed E-state index contributed by atoms with van der Waals surface area (Å²) in [6, 6.07) is 3.36. The smallest absolute Gasteiger partial charge is 0.267 e. The molecule has 2 aromatic heterocycles. The van der Waals surface area contributed by atoms with Gasteiger partial charge >= 0.3 is 0 Å². The normalized spacial score (nSPS) is 11.5. The predicted octanol–water partition coefficient (Wildman–Crippen LogP) is 2.12. The highest BCUT2D eigenvalue weighted by molar-refractivity contribution is 7.90. The molecule has 0 saturated carbocycles. The van der Waals surface area contributed by atoms with E-state index >= 15 is 0 Å². The van der Waals surface area contributed by atoms with Gasteiger partial charge in [0.05, 0.1) is 28.4 Å². The molecule has 0 aliphatic rings. The molecular formula is C12H14ClN3O3S2. The zero-order chi connectivity index (χ0) is 15.5. The van der Waals surface area contributed by atoms with Crippen molar-refractivity contribution in [1.82, 2.24) is 14.5 Å². The van der Waals surface area contributed by atoms with Crippen molar-refractivity contribution in [3.63, 3.8) is 0 Å². The first kappa shape index (κ1) is 16.0. The molecule has 0 saturated heterocycles. The van der Waals surface area contributed by atoms with E-state index in [1.54, 1.807) is 29.9 Å². The molecule has 9 heteroatoms. The van der Waals surface area contributed by atoms with E-state index in [1.807, 2.05) is 0 Å². The third-order valence-corrected chi connectivity index (χ3v) is 5.23. The molecule has 0 atom stereocenters. The molecule has 2 heterocycles. The van der Waals surface area contributed by atoms with Crippen molar-refractivity contribution < 1.29 is 13.2 Å². The highest BCUT2D eigenvalue weighted by atomic mass is 35.5. The highest BCUT2D eigenvalue weighted by Gasteiger charge is 2.16. The van der Waals surface area contributed by atoms with Gasteiger partial charge in [-0.05, 0) is 18.6 Å². The molecule has 0 aromatic carbocycles. The van der Waals surface area contributed by atoms with E-state index in [0.717, 1.165) is 4.88 Å². The Morgan fingerprint density at radius 1 is 1.48 bits per heavy atom. The van der Waals surface area contributed by atoms with Crippen LogP contribution in [0.5, 0.6) is 0 Å². The van der Waals surface area contributed by atoms with Crippen molar-refractivity contribution >= 4 is 38.9 Å². The van der Waals surface area contributed by atoms with Crippen LogP contribution in [0, 0.1) is 0 Å². The van der Waals surface area contributed by atoms with Gasteiger partial charge in [-0.25, -0.2) is 13.1 Å². The Hall–Kier alpha value is -1.38. The monoisotopic (exact) mass is 347 g/mol. The number of aromatic nitrogens is 2. The number of nitrogens with zero attached hydrogens (tertiary/aromatic N) is 2. The van der Waals surface area contributed by atoms with E-state index in [4.69, 9.17) is 11.6 Å². The molecule has 114 valence electrons. The second-order valence-corrected chi connectivity index (χ2v) is 7.82. The lowest BCUT2D eigenvalue weighted by Gasteiger charge is -2.03. The number of amides is 1. The van der Waals surface area contributed by atoms with Gasteiger partial charge in [0.15, 0.2) is 0 Å². The first-order valence-corrected chi connectivity index (χ1v) is 9.06. The molecule has 0 aliphatic heterocycles. The fourth-order valence-electron chi connectivity index (χ4n) is 1.68. The zero-order valence-electron chi connectivity index (χ0n) is 11.2. The Morgan fingerprint density at radius 2 is 2.24 bits per heavy atom. The molecule has 0 radical (unpaired) electrons. The van der Waals surface area contributed by atoms with Gasteiger partial charge in [-0.15, -0.1) is 11.3 Å². The zero-order valence-corrected chi connectivity index (χ0v) is 13.6. The lowest BCUT2D eigenvalue weighted by molar-refractivity contribution is 0.0985. The van der Waals surface area contributed by atoms with Gasteiger partial charge < -0.3 is 0 Å². The van der Waals surface area contributed by atoms with Gasteiger partial charge in [0.1, 0.15) is 0 Å². The number of thiophene rings is 1. The average molecular weight is 348 g/mol. The van der Waals surface area contributed by atoms with Crippen molar-refractivity contribution in [1.29, 1.82) is 0 Å². The summed E-state index contributed by atoms with van der Waals surface area (Å²) in [5.41, 5.74) is 0. The van der Waals surface area contributed by atoms with Gasteiger partial charge in [0.2, 0.25) is 10.0 Å². The molecule has 0 unspecified atom stereocenters. The molecule has 0 fully saturated rings. The highest BCUT2D eigenvalue weighted by Crippen LogP contribution is 2.18. The van der Waals surface area contributed by atoms with Crippen molar-refractivity contribution in [3.05, 3.63) is 39.3 Å². The topological polar surface area (TPSA) is 81.1 Å². The molecule has 2 rings (SSSR count). The molecule has 1 N–H and O–H groups in total. The SMILES string of the molecule is CCCS(=O)(=O)NC(=O)c1ccc(Cn2cc(Cl)cn2)s1. The number of sulfonamides is 1. The van der Waals surface area contributed by atoms with Gasteiger partial charge in [-0.2, -0.15) is 5.10 Å². The number of rotatable bonds is 6. The Bertz CT molecular complexity index is 737. The molecule has 0 aliphatic carbocycles. The van der Waals surface area contributed by atoms with Crippen molar-refractivity contribution in [2.75, 3.05) is 5.75 Å². The lowest BCUT2D eigenvalue weighted by atomic mass is 10.4. The Morgan fingerprint density at radius 3 is 2.86 bits per heavy atom. The van der Waals surface area contributed by atoms with Crippen LogP contribution in [0.3, 0.4) is 0 Å². The Balaban J connectivity index is 2.04. The minimum absolute atomic E-state index is 0.0667. The van der Waals surface area contributed by atoms with E-state index in [1.165, 1.54) is 17.5 Å². The summed E-state index contributed by atoms with van der Waals surface area (Å²) in [4.78, 5) is 13.1. The summed E-state index contributed by atoms with van der Waals surface area (Å²) in [5.74, 6) is -0.666. The summed E-state index contributed by atoms with van der Waals surface area (Å²) in [5, 5.41) is 4.58. The minimum Gasteiger partial charge on any atom is -0.267 e. The fraction of sp³-hybridized carbons (Fsp3) is 0.333. The predicted molar refractivity (Wildman–Crippen MR) is 82.2 cm³/mol. The van der Waals surface area contributed by atoms with Gasteiger partial charge in [-0.1, -0.05) is 18.5 Å². The number of carbonyl (C=O) groups is 1. The molecular weight excluding hydrogens is 334 g/mol. The third-order valence-electron chi connectivity index (χ3n) is 2.53. The van der Waals surface area contributed by atoms with Crippen LogP contribution in [0.2, 0.25) is 5.02 Å². The van der Waals surface area contributed by atoms with Crippen LogP contribution in [0.15, 0.2) is 24.5 Å². The molecule has 2 aromatic rings. The number of nitrogens with one attached hydrogen (secondary N) is 1. The molecule has 0 bridgehead atoms. The molecule has 6 nitrogen and oxygen atoms in total. The average Bonchev–Trinajstić information content (AvgIpc) is 2.98. The molecule has 0 spiro atoms. The largest absolute Gasteiger partial charge is 0.274 e. The third kappa shape index (κ3) is 4.55. The first-order chi connectivity index (χ1) is 9.89. The number of hydrogen-bond acceptors (Lipinski definition) is 5. The second-order valence-electron chi connectivity index (χ2n) is 4.37. The van der Waals surface area contributed by atoms with Crippen LogP contribution < -0.4 is 4.72 Å². The van der Waals surface area contributed by atoms with Crippen LogP contribution in [0.4, 0.5) is 0 Å². The molecule has 1 amide bonds. The fourth-order valence-corrected chi connectivity index (χ4v) is 3.83. The number of halogens is 1. The maximum absolute atomic E-state index is 11.9. The van der Waals surface area contributed by atoms with Crippen molar-refractivity contribution in [2.24, 2.45) is 0 Å². The second kappa shape index (κ2) is 6.59. The number of hydrogen-bond donors (Lipinski definition) is 1. The van der Waals surface area contributed by atoms with Crippen molar-refractivity contribution in [3.8, 4) is 0 Å². The maximum Gasteiger partial charge on any atom is 0.274 e. The standard InChI is InChI=1S/C12H14ClN3O3S2/c1-2-5-21(18,19)15-12(17)11-4-3-10(20-11)8-16-7-9(13)6-14-16/h3-4,6-7H,2,5,8H2,1H3,(H,15,17). The van der Waals surface area contributed by atoms with Gasteiger partial charge in [-0.3, -0.25) is 9.48 Å². The summed E-state index contributed by atoms with van der Waals surface area (Å²) in [6.07, 6.45) is 3.66. The molecule has 21 heavy (non-hydrogen) atoms. The van der Waals surface area contributed by atoms with Crippen LogP contribution >= 0.6 is 22.9 Å². The van der Waals surface area contributed by atoms with Crippen LogP contribution in [0.25, 0.3) is 0 Å². The Kier molecular flexibility index (Phi) is 5.02. The summed E-state index contributed by atoms with van der Waals surface area (Å²) in [6.45, 7) is 2.22. The maximum atomic E-state index is 11.9. The van der Waals surface area contributed by atoms with Gasteiger partial charge in [0.25, 0.3) is 5.91 Å². The Labute approximate surface area is 131 Å².